The average molecular weight is 430 g/mol. The number of aryl methyl sites for hydroxylation is 1. The molecule has 6 nitrogen and oxygen atoms in total. The molecule has 0 unspecified atom stereocenters. The third kappa shape index (κ3) is 4.23. The number of allylic oxidation sites excluding steroid dienone is 1. The van der Waals surface area contributed by atoms with Gasteiger partial charge in [0.15, 0.2) is 0 Å². The molecular formula is C25H23FN4O2. The summed E-state index contributed by atoms with van der Waals surface area (Å²) in [6.45, 7) is 8.63. The van der Waals surface area contributed by atoms with Crippen molar-refractivity contribution in [2.75, 3.05) is 5.32 Å². The standard InChI is InChI=1S/C25H23FN4O2/c1-4-12-30-17(3)16(2)21-13-22(24(31)28-20-6-5-11-27-14-20)29-25(23(21)30)32-15-18-7-9-19(26)10-8-18/h4-11,13-14H,1,12,15H2,2-3H3,(H,28,31). The van der Waals surface area contributed by atoms with Gasteiger partial charge < -0.3 is 14.6 Å². The Morgan fingerprint density at radius 2 is 2.03 bits per heavy atom. The highest BCUT2D eigenvalue weighted by molar-refractivity contribution is 6.05. The zero-order valence-electron chi connectivity index (χ0n) is 17.9. The van der Waals surface area contributed by atoms with E-state index in [1.165, 1.54) is 12.1 Å². The molecule has 0 bridgehead atoms. The van der Waals surface area contributed by atoms with Crippen molar-refractivity contribution in [2.24, 2.45) is 0 Å². The molecule has 7 heteroatoms. The highest BCUT2D eigenvalue weighted by Crippen LogP contribution is 2.33. The van der Waals surface area contributed by atoms with E-state index < -0.39 is 0 Å². The van der Waals surface area contributed by atoms with Crippen LogP contribution >= 0.6 is 0 Å². The van der Waals surface area contributed by atoms with Crippen molar-refractivity contribution in [2.45, 2.75) is 27.0 Å². The molecule has 0 aliphatic heterocycles. The molecule has 3 aromatic heterocycles. The normalized spacial score (nSPS) is 10.8. The van der Waals surface area contributed by atoms with E-state index in [9.17, 15) is 9.18 Å². The van der Waals surface area contributed by atoms with Gasteiger partial charge in [0.1, 0.15) is 23.6 Å². The van der Waals surface area contributed by atoms with Crippen molar-refractivity contribution in [3.05, 3.63) is 95.8 Å². The number of hydrogen-bond donors (Lipinski definition) is 1. The number of fused-ring (bicyclic) bond motifs is 1. The number of ether oxygens (including phenoxy) is 1. The third-order valence-corrected chi connectivity index (χ3v) is 5.33. The van der Waals surface area contributed by atoms with E-state index in [0.29, 0.717) is 18.1 Å². The number of nitrogens with one attached hydrogen (secondary N) is 1. The number of carbonyl (C=O) groups is 1. The van der Waals surface area contributed by atoms with E-state index in [1.807, 2.05) is 13.8 Å². The Balaban J connectivity index is 1.76. The number of hydrogen-bond acceptors (Lipinski definition) is 4. The fraction of sp³-hybridized carbons (Fsp3) is 0.160. The van der Waals surface area contributed by atoms with E-state index in [2.05, 4.69) is 26.4 Å². The Bertz CT molecular complexity index is 1280. The number of pyridine rings is 2. The first-order valence-electron chi connectivity index (χ1n) is 10.2. The quantitative estimate of drug-likeness (QED) is 0.409. The lowest BCUT2D eigenvalue weighted by atomic mass is 10.1. The molecule has 0 atom stereocenters. The van der Waals surface area contributed by atoms with Gasteiger partial charge in [-0.05, 0) is 55.3 Å². The summed E-state index contributed by atoms with van der Waals surface area (Å²) in [5, 5.41) is 3.69. The molecule has 0 fully saturated rings. The Hall–Kier alpha value is -4.00. The van der Waals surface area contributed by atoms with Crippen LogP contribution in [0, 0.1) is 19.7 Å². The summed E-state index contributed by atoms with van der Waals surface area (Å²) in [6.07, 6.45) is 5.01. The van der Waals surface area contributed by atoms with Gasteiger partial charge in [-0.25, -0.2) is 9.37 Å². The molecule has 0 aliphatic rings. The smallest absolute Gasteiger partial charge is 0.274 e. The maximum Gasteiger partial charge on any atom is 0.274 e. The van der Waals surface area contributed by atoms with Crippen LogP contribution in [0.25, 0.3) is 10.9 Å². The predicted molar refractivity (Wildman–Crippen MR) is 122 cm³/mol. The van der Waals surface area contributed by atoms with Gasteiger partial charge >= 0.3 is 0 Å². The van der Waals surface area contributed by atoms with E-state index in [0.717, 1.165) is 27.7 Å². The first-order chi connectivity index (χ1) is 15.5. The Labute approximate surface area is 185 Å². The number of benzene rings is 1. The van der Waals surface area contributed by atoms with Gasteiger partial charge in [-0.3, -0.25) is 9.78 Å². The van der Waals surface area contributed by atoms with E-state index in [4.69, 9.17) is 4.74 Å². The van der Waals surface area contributed by atoms with Crippen molar-refractivity contribution >= 4 is 22.5 Å². The van der Waals surface area contributed by atoms with Crippen molar-refractivity contribution in [1.29, 1.82) is 0 Å². The summed E-state index contributed by atoms with van der Waals surface area (Å²) in [5.74, 6) is -0.337. The molecule has 162 valence electrons. The molecule has 3 heterocycles. The Morgan fingerprint density at radius 1 is 1.25 bits per heavy atom. The maximum atomic E-state index is 13.2. The monoisotopic (exact) mass is 430 g/mol. The SMILES string of the molecule is C=CCn1c(C)c(C)c2cc(C(=O)Nc3cccnc3)nc(OCc3ccc(F)cc3)c21. The second-order valence-corrected chi connectivity index (χ2v) is 7.43. The third-order valence-electron chi connectivity index (χ3n) is 5.33. The van der Waals surface area contributed by atoms with Crippen LogP contribution in [0.15, 0.2) is 67.5 Å². The number of nitrogens with zero attached hydrogens (tertiary/aromatic N) is 3. The summed E-state index contributed by atoms with van der Waals surface area (Å²) in [5.41, 5.74) is 4.46. The molecule has 1 amide bonds. The number of amides is 1. The Morgan fingerprint density at radius 3 is 2.72 bits per heavy atom. The lowest BCUT2D eigenvalue weighted by Gasteiger charge is -2.12. The van der Waals surface area contributed by atoms with Gasteiger partial charge in [0, 0.05) is 23.8 Å². The molecule has 1 N–H and O–H groups in total. The molecule has 0 saturated carbocycles. The van der Waals surface area contributed by atoms with Crippen LogP contribution in [0.4, 0.5) is 10.1 Å². The van der Waals surface area contributed by atoms with Crippen molar-refractivity contribution in [3.8, 4) is 5.88 Å². The van der Waals surface area contributed by atoms with Gasteiger partial charge in [0.2, 0.25) is 5.88 Å². The maximum absolute atomic E-state index is 13.2. The zero-order chi connectivity index (χ0) is 22.7. The summed E-state index contributed by atoms with van der Waals surface area (Å²) in [4.78, 5) is 21.5. The number of carbonyl (C=O) groups excluding carboxylic acids is 1. The van der Waals surface area contributed by atoms with Gasteiger partial charge in [0.25, 0.3) is 5.91 Å². The van der Waals surface area contributed by atoms with E-state index >= 15 is 0 Å². The lowest BCUT2D eigenvalue weighted by Crippen LogP contribution is -2.15. The molecule has 0 spiro atoms. The summed E-state index contributed by atoms with van der Waals surface area (Å²) in [6, 6.07) is 11.4. The topological polar surface area (TPSA) is 69.0 Å². The molecule has 32 heavy (non-hydrogen) atoms. The second kappa shape index (κ2) is 9.01. The molecular weight excluding hydrogens is 407 g/mol. The molecule has 4 aromatic rings. The first-order valence-corrected chi connectivity index (χ1v) is 10.2. The zero-order valence-corrected chi connectivity index (χ0v) is 17.9. The van der Waals surface area contributed by atoms with Crippen LogP contribution in [0.5, 0.6) is 5.88 Å². The highest BCUT2D eigenvalue weighted by atomic mass is 19.1. The highest BCUT2D eigenvalue weighted by Gasteiger charge is 2.20. The van der Waals surface area contributed by atoms with Crippen LogP contribution in [0.2, 0.25) is 0 Å². The molecule has 0 saturated heterocycles. The first kappa shape index (κ1) is 21.2. The predicted octanol–water partition coefficient (Wildman–Crippen LogP) is 5.20. The number of halogens is 1. The van der Waals surface area contributed by atoms with Crippen LogP contribution in [0.1, 0.15) is 27.3 Å². The summed E-state index contributed by atoms with van der Waals surface area (Å²) >= 11 is 0. The van der Waals surface area contributed by atoms with Crippen LogP contribution in [-0.2, 0) is 13.2 Å². The molecule has 0 radical (unpaired) electrons. The van der Waals surface area contributed by atoms with Crippen LogP contribution < -0.4 is 10.1 Å². The Kier molecular flexibility index (Phi) is 5.98. The fourth-order valence-electron chi connectivity index (χ4n) is 3.57. The minimum atomic E-state index is -0.361. The van der Waals surface area contributed by atoms with Crippen molar-refractivity contribution in [1.82, 2.24) is 14.5 Å². The lowest BCUT2D eigenvalue weighted by molar-refractivity contribution is 0.102. The van der Waals surface area contributed by atoms with Crippen molar-refractivity contribution in [3.63, 3.8) is 0 Å². The average Bonchev–Trinajstić information content (AvgIpc) is 3.04. The fourth-order valence-corrected chi connectivity index (χ4v) is 3.57. The molecule has 4 rings (SSSR count). The minimum Gasteiger partial charge on any atom is -0.471 e. The number of anilines is 1. The minimum absolute atomic E-state index is 0.188. The molecule has 1 aromatic carbocycles. The second-order valence-electron chi connectivity index (χ2n) is 7.43. The van der Waals surface area contributed by atoms with E-state index in [-0.39, 0.29) is 24.0 Å². The summed E-state index contributed by atoms with van der Waals surface area (Å²) in [7, 11) is 0. The van der Waals surface area contributed by atoms with Crippen LogP contribution in [0.3, 0.4) is 0 Å². The van der Waals surface area contributed by atoms with Gasteiger partial charge in [-0.1, -0.05) is 18.2 Å². The van der Waals surface area contributed by atoms with Gasteiger partial charge in [-0.15, -0.1) is 6.58 Å². The van der Waals surface area contributed by atoms with Gasteiger partial charge in [-0.2, -0.15) is 0 Å². The van der Waals surface area contributed by atoms with Gasteiger partial charge in [0.05, 0.1) is 11.9 Å². The largest absolute Gasteiger partial charge is 0.471 e. The van der Waals surface area contributed by atoms with E-state index in [1.54, 1.807) is 48.8 Å². The summed E-state index contributed by atoms with van der Waals surface area (Å²) < 4.78 is 21.4. The number of rotatable bonds is 7. The van der Waals surface area contributed by atoms with Crippen molar-refractivity contribution < 1.29 is 13.9 Å². The molecule has 0 aliphatic carbocycles. The number of aromatic nitrogens is 3. The van der Waals surface area contributed by atoms with Crippen LogP contribution in [-0.4, -0.2) is 20.4 Å².